The van der Waals surface area contributed by atoms with Crippen LogP contribution in [0.2, 0.25) is 0 Å². The number of nitrogens with two attached hydrogens (primary N) is 1. The molecule has 2 nitrogen and oxygen atoms in total. The van der Waals surface area contributed by atoms with E-state index in [0.29, 0.717) is 6.61 Å². The van der Waals surface area contributed by atoms with Crippen molar-refractivity contribution >= 4 is 22.6 Å². The minimum atomic E-state index is -0.0888. The molecule has 0 amide bonds. The lowest BCUT2D eigenvalue weighted by Gasteiger charge is -2.13. The highest BCUT2D eigenvalue weighted by Gasteiger charge is 2.06. The lowest BCUT2D eigenvalue weighted by Crippen LogP contribution is -2.18. The molecule has 0 fully saturated rings. The maximum atomic E-state index is 6.05. The highest BCUT2D eigenvalue weighted by Crippen LogP contribution is 2.17. The van der Waals surface area contributed by atoms with Gasteiger partial charge in [0.1, 0.15) is 12.4 Å². The van der Waals surface area contributed by atoms with Gasteiger partial charge in [-0.15, -0.1) is 0 Å². The lowest BCUT2D eigenvalue weighted by molar-refractivity contribution is 0.290. The predicted octanol–water partition coefficient (Wildman–Crippen LogP) is 3.37. The molecular weight excluding hydrogens is 325 g/mol. The molecule has 0 heterocycles. The molecule has 0 aromatic heterocycles. The summed E-state index contributed by atoms with van der Waals surface area (Å²) < 4.78 is 6.83. The monoisotopic (exact) mass is 339 g/mol. The number of hydrogen-bond donors (Lipinski definition) is 1. The van der Waals surface area contributed by atoms with Crippen LogP contribution in [0.3, 0.4) is 0 Å². The second kappa shape index (κ2) is 6.02. The summed E-state index contributed by atoms with van der Waals surface area (Å²) in [5.41, 5.74) is 7.15. The predicted molar refractivity (Wildman–Crippen MR) is 78.0 cm³/mol. The van der Waals surface area contributed by atoms with Gasteiger partial charge in [-0.1, -0.05) is 36.4 Å². The van der Waals surface area contributed by atoms with Gasteiger partial charge < -0.3 is 10.5 Å². The topological polar surface area (TPSA) is 35.2 Å². The second-order valence-corrected chi connectivity index (χ2v) is 5.03. The third-order valence-corrected chi connectivity index (χ3v) is 3.12. The van der Waals surface area contributed by atoms with Crippen molar-refractivity contribution < 1.29 is 4.74 Å². The molecule has 0 saturated heterocycles. The molecule has 0 aliphatic carbocycles. The van der Waals surface area contributed by atoms with E-state index in [-0.39, 0.29) is 6.04 Å². The first kappa shape index (κ1) is 12.4. The van der Waals surface area contributed by atoms with Crippen LogP contribution in [-0.4, -0.2) is 6.61 Å². The summed E-state index contributed by atoms with van der Waals surface area (Å²) in [4.78, 5) is 0. The van der Waals surface area contributed by atoms with Gasteiger partial charge in [-0.25, -0.2) is 0 Å². The summed E-state index contributed by atoms with van der Waals surface area (Å²) in [5.74, 6) is 0.864. The molecule has 2 aromatic carbocycles. The Morgan fingerprint density at radius 3 is 2.53 bits per heavy atom. The van der Waals surface area contributed by atoms with E-state index in [9.17, 15) is 0 Å². The highest BCUT2D eigenvalue weighted by atomic mass is 127. The van der Waals surface area contributed by atoms with Gasteiger partial charge in [0.25, 0.3) is 0 Å². The Hall–Kier alpha value is -1.07. The van der Waals surface area contributed by atoms with Crippen molar-refractivity contribution in [3.8, 4) is 5.75 Å². The highest BCUT2D eigenvalue weighted by molar-refractivity contribution is 14.1. The van der Waals surface area contributed by atoms with Gasteiger partial charge >= 0.3 is 0 Å². The minimum absolute atomic E-state index is 0.0888. The zero-order valence-electron chi connectivity index (χ0n) is 9.34. The number of halogens is 1. The van der Waals surface area contributed by atoms with Crippen molar-refractivity contribution in [2.24, 2.45) is 5.73 Å². The summed E-state index contributed by atoms with van der Waals surface area (Å²) in [6.45, 7) is 0.490. The third-order valence-electron chi connectivity index (χ3n) is 2.45. The summed E-state index contributed by atoms with van der Waals surface area (Å²) >= 11 is 2.26. The normalized spacial score (nSPS) is 12.1. The van der Waals surface area contributed by atoms with Gasteiger partial charge in [0.2, 0.25) is 0 Å². The molecule has 0 aliphatic rings. The number of ether oxygens (including phenoxy) is 1. The molecular formula is C14H14INO. The third kappa shape index (κ3) is 3.71. The molecule has 2 N–H and O–H groups in total. The van der Waals surface area contributed by atoms with Crippen LogP contribution in [0.1, 0.15) is 11.6 Å². The lowest BCUT2D eigenvalue weighted by atomic mass is 10.1. The minimum Gasteiger partial charge on any atom is -0.492 e. The fourth-order valence-electron chi connectivity index (χ4n) is 1.54. The average Bonchev–Trinajstić information content (AvgIpc) is 2.37. The van der Waals surface area contributed by atoms with Crippen LogP contribution in [0.4, 0.5) is 0 Å². The first-order chi connectivity index (χ1) is 8.25. The van der Waals surface area contributed by atoms with E-state index in [1.54, 1.807) is 0 Å². The van der Waals surface area contributed by atoms with Gasteiger partial charge in [-0.3, -0.25) is 0 Å². The Bertz CT molecular complexity index is 473. The molecule has 0 spiro atoms. The van der Waals surface area contributed by atoms with Gasteiger partial charge in [0.15, 0.2) is 0 Å². The first-order valence-corrected chi connectivity index (χ1v) is 6.52. The molecule has 17 heavy (non-hydrogen) atoms. The van der Waals surface area contributed by atoms with Crippen LogP contribution in [0.5, 0.6) is 5.75 Å². The van der Waals surface area contributed by atoms with Crippen LogP contribution in [0.25, 0.3) is 0 Å². The zero-order chi connectivity index (χ0) is 12.1. The molecule has 88 valence electrons. The van der Waals surface area contributed by atoms with Crippen LogP contribution < -0.4 is 10.5 Å². The Balaban J connectivity index is 1.95. The van der Waals surface area contributed by atoms with Crippen LogP contribution in [0, 0.1) is 3.57 Å². The zero-order valence-corrected chi connectivity index (χ0v) is 11.5. The van der Waals surface area contributed by atoms with E-state index in [2.05, 4.69) is 22.6 Å². The maximum Gasteiger partial charge on any atom is 0.120 e. The van der Waals surface area contributed by atoms with Crippen LogP contribution in [-0.2, 0) is 0 Å². The van der Waals surface area contributed by atoms with Crippen LogP contribution >= 0.6 is 22.6 Å². The molecule has 3 heteroatoms. The summed E-state index contributed by atoms with van der Waals surface area (Å²) in [6.07, 6.45) is 0. The number of rotatable bonds is 4. The molecule has 0 radical (unpaired) electrons. The first-order valence-electron chi connectivity index (χ1n) is 5.44. The largest absolute Gasteiger partial charge is 0.492 e. The number of hydrogen-bond acceptors (Lipinski definition) is 2. The Kier molecular flexibility index (Phi) is 4.39. The molecule has 1 unspecified atom stereocenters. The van der Waals surface area contributed by atoms with Crippen molar-refractivity contribution in [3.63, 3.8) is 0 Å². The smallest absolute Gasteiger partial charge is 0.120 e. The van der Waals surface area contributed by atoms with Gasteiger partial charge in [0, 0.05) is 3.57 Å². The molecule has 0 bridgehead atoms. The van der Waals surface area contributed by atoms with Gasteiger partial charge in [0.05, 0.1) is 6.04 Å². The van der Waals surface area contributed by atoms with E-state index in [1.807, 2.05) is 54.6 Å². The summed E-state index contributed by atoms with van der Waals surface area (Å²) in [6, 6.07) is 17.9. The Labute approximate surface area is 115 Å². The maximum absolute atomic E-state index is 6.05. The van der Waals surface area contributed by atoms with E-state index in [4.69, 9.17) is 10.5 Å². The van der Waals surface area contributed by atoms with Crippen molar-refractivity contribution in [1.82, 2.24) is 0 Å². The van der Waals surface area contributed by atoms with Gasteiger partial charge in [-0.2, -0.15) is 0 Å². The Morgan fingerprint density at radius 2 is 1.82 bits per heavy atom. The molecule has 2 rings (SSSR count). The second-order valence-electron chi connectivity index (χ2n) is 3.79. The summed E-state index contributed by atoms with van der Waals surface area (Å²) in [7, 11) is 0. The van der Waals surface area contributed by atoms with E-state index >= 15 is 0 Å². The van der Waals surface area contributed by atoms with E-state index in [0.717, 1.165) is 14.9 Å². The van der Waals surface area contributed by atoms with Crippen molar-refractivity contribution in [2.75, 3.05) is 6.61 Å². The Morgan fingerprint density at radius 1 is 1.06 bits per heavy atom. The fourth-order valence-corrected chi connectivity index (χ4v) is 2.05. The van der Waals surface area contributed by atoms with Crippen molar-refractivity contribution in [2.45, 2.75) is 6.04 Å². The van der Waals surface area contributed by atoms with Crippen LogP contribution in [0.15, 0.2) is 54.6 Å². The molecule has 0 saturated carbocycles. The van der Waals surface area contributed by atoms with Crippen molar-refractivity contribution in [1.29, 1.82) is 0 Å². The van der Waals surface area contributed by atoms with Crippen molar-refractivity contribution in [3.05, 3.63) is 63.7 Å². The fraction of sp³-hybridized carbons (Fsp3) is 0.143. The average molecular weight is 339 g/mol. The summed E-state index contributed by atoms with van der Waals surface area (Å²) in [5, 5.41) is 0. The quantitative estimate of drug-likeness (QED) is 0.867. The van der Waals surface area contributed by atoms with E-state index < -0.39 is 0 Å². The molecule has 0 aliphatic heterocycles. The van der Waals surface area contributed by atoms with E-state index in [1.165, 1.54) is 0 Å². The SMILES string of the molecule is NC(COc1cccc(I)c1)c1ccccc1. The molecule has 2 aromatic rings. The molecule has 1 atom stereocenters. The number of benzene rings is 2. The standard InChI is InChI=1S/C14H14INO/c15-12-7-4-8-13(9-12)17-10-14(16)11-5-2-1-3-6-11/h1-9,14H,10,16H2. The van der Waals surface area contributed by atoms with Gasteiger partial charge in [-0.05, 0) is 46.4 Å².